The van der Waals surface area contributed by atoms with Gasteiger partial charge in [0.05, 0.1) is 25.2 Å². The van der Waals surface area contributed by atoms with Crippen molar-refractivity contribution in [1.82, 2.24) is 19.8 Å². The fraction of sp³-hybridized carbons (Fsp3) is 0.364. The molecule has 10 nitrogen and oxygen atoms in total. The van der Waals surface area contributed by atoms with Gasteiger partial charge in [0, 0.05) is 42.9 Å². The Morgan fingerprint density at radius 1 is 1.07 bits per heavy atom. The normalized spacial score (nSPS) is 15.5. The zero-order valence-corrected chi connectivity index (χ0v) is 26.9. The molecule has 0 aliphatic heterocycles. The van der Waals surface area contributed by atoms with Gasteiger partial charge in [0.1, 0.15) is 11.5 Å². The van der Waals surface area contributed by atoms with E-state index in [1.807, 2.05) is 41.3 Å². The summed E-state index contributed by atoms with van der Waals surface area (Å²) in [5.41, 5.74) is 1.76. The standard InChI is InChI=1S/C33H38F2N4O6S/c1-21(2)14-31(24-16-25(44-3)18-26(17-24)45-4)37-33(41)28-15-22(20-39-13-5-12-36-39)6-7-23(28)8-11-32(40)38-46(42,43)27-9-10-29(34)30(35)19-27/h5,7,9-10,12-13,15-19,21-22,31H,6,8,11,14,20H2,1-4H3,(H,37,41)(H,38,40). The van der Waals surface area contributed by atoms with Crippen molar-refractivity contribution < 1.29 is 36.3 Å². The number of halogens is 2. The van der Waals surface area contributed by atoms with E-state index in [1.165, 1.54) is 0 Å². The number of nitrogens with one attached hydrogen (secondary N) is 2. The minimum absolute atomic E-state index is 0.0626. The summed E-state index contributed by atoms with van der Waals surface area (Å²) in [6.07, 6.45) is 8.23. The molecule has 4 rings (SSSR count). The number of hydrogen-bond donors (Lipinski definition) is 2. The van der Waals surface area contributed by atoms with Crippen molar-refractivity contribution in [3.63, 3.8) is 0 Å². The number of carbonyl (C=O) groups excluding carboxylic acids is 2. The number of amides is 2. The number of benzene rings is 2. The lowest BCUT2D eigenvalue weighted by molar-refractivity contribution is -0.120. The van der Waals surface area contributed by atoms with E-state index < -0.39 is 38.5 Å². The zero-order chi connectivity index (χ0) is 33.4. The molecule has 0 bridgehead atoms. The highest BCUT2D eigenvalue weighted by Crippen LogP contribution is 2.32. The number of sulfonamides is 1. The van der Waals surface area contributed by atoms with Gasteiger partial charge in [0.15, 0.2) is 11.6 Å². The molecular formula is C33H38F2N4O6S. The number of carbonyl (C=O) groups is 2. The Balaban J connectivity index is 1.55. The van der Waals surface area contributed by atoms with E-state index in [0.717, 1.165) is 11.6 Å². The highest BCUT2D eigenvalue weighted by Gasteiger charge is 2.27. The van der Waals surface area contributed by atoms with Gasteiger partial charge in [-0.3, -0.25) is 14.3 Å². The van der Waals surface area contributed by atoms with Crippen LogP contribution in [0.3, 0.4) is 0 Å². The van der Waals surface area contributed by atoms with Gasteiger partial charge in [0.2, 0.25) is 5.91 Å². The van der Waals surface area contributed by atoms with Crippen LogP contribution in [0.2, 0.25) is 0 Å². The van der Waals surface area contributed by atoms with E-state index in [4.69, 9.17) is 9.47 Å². The van der Waals surface area contributed by atoms with Crippen molar-refractivity contribution in [2.24, 2.45) is 11.8 Å². The predicted molar refractivity (Wildman–Crippen MR) is 167 cm³/mol. The van der Waals surface area contributed by atoms with Crippen LogP contribution in [0.1, 0.15) is 51.1 Å². The van der Waals surface area contributed by atoms with Crippen LogP contribution in [0.4, 0.5) is 8.78 Å². The van der Waals surface area contributed by atoms with Crippen molar-refractivity contribution in [2.75, 3.05) is 14.2 Å². The molecule has 0 radical (unpaired) electrons. The van der Waals surface area contributed by atoms with Gasteiger partial charge in [0.25, 0.3) is 15.9 Å². The van der Waals surface area contributed by atoms with Crippen molar-refractivity contribution >= 4 is 21.8 Å². The summed E-state index contributed by atoms with van der Waals surface area (Å²) in [4.78, 5) is 26.1. The minimum atomic E-state index is -4.44. The Hall–Kier alpha value is -4.52. The fourth-order valence-electron chi connectivity index (χ4n) is 5.22. The van der Waals surface area contributed by atoms with Crippen LogP contribution < -0.4 is 19.5 Å². The largest absolute Gasteiger partial charge is 0.497 e. The Morgan fingerprint density at radius 3 is 2.39 bits per heavy atom. The first-order valence-corrected chi connectivity index (χ1v) is 16.3. The maximum absolute atomic E-state index is 14.0. The molecule has 0 saturated carbocycles. The number of nitrogens with zero attached hydrogens (tertiary/aromatic N) is 2. The van der Waals surface area contributed by atoms with Crippen LogP contribution >= 0.6 is 0 Å². The lowest BCUT2D eigenvalue weighted by Gasteiger charge is -2.26. The van der Waals surface area contributed by atoms with E-state index in [9.17, 15) is 26.8 Å². The molecule has 246 valence electrons. The number of allylic oxidation sites excluding steroid dienone is 2. The molecule has 46 heavy (non-hydrogen) atoms. The van der Waals surface area contributed by atoms with Gasteiger partial charge in [-0.15, -0.1) is 0 Å². The van der Waals surface area contributed by atoms with Crippen LogP contribution in [0.25, 0.3) is 0 Å². The van der Waals surface area contributed by atoms with E-state index >= 15 is 0 Å². The molecule has 1 heterocycles. The first-order valence-electron chi connectivity index (χ1n) is 14.8. The van der Waals surface area contributed by atoms with Gasteiger partial charge < -0.3 is 14.8 Å². The molecule has 2 N–H and O–H groups in total. The smallest absolute Gasteiger partial charge is 0.264 e. The monoisotopic (exact) mass is 656 g/mol. The number of ether oxygens (including phenoxy) is 2. The fourth-order valence-corrected chi connectivity index (χ4v) is 6.24. The number of aromatic nitrogens is 2. The average Bonchev–Trinajstić information content (AvgIpc) is 3.53. The third-order valence-electron chi connectivity index (χ3n) is 7.50. The van der Waals surface area contributed by atoms with Gasteiger partial charge >= 0.3 is 0 Å². The molecular weight excluding hydrogens is 618 g/mol. The van der Waals surface area contributed by atoms with Gasteiger partial charge in [-0.05, 0) is 72.7 Å². The molecule has 0 fully saturated rings. The molecule has 2 atom stereocenters. The number of hydrogen-bond acceptors (Lipinski definition) is 7. The van der Waals surface area contributed by atoms with Gasteiger partial charge in [-0.25, -0.2) is 21.9 Å². The SMILES string of the molecule is COc1cc(OC)cc(C(CC(C)C)NC(=O)C2=CC(Cn3cccn3)CC=C2CCC(=O)NS(=O)(=O)c2ccc(F)c(F)c2)c1. The van der Waals surface area contributed by atoms with E-state index in [-0.39, 0.29) is 30.6 Å². The lowest BCUT2D eigenvalue weighted by atomic mass is 9.87. The average molecular weight is 657 g/mol. The van der Waals surface area contributed by atoms with Crippen LogP contribution in [-0.4, -0.2) is 44.2 Å². The second kappa shape index (κ2) is 15.2. The highest BCUT2D eigenvalue weighted by atomic mass is 32.2. The second-order valence-corrected chi connectivity index (χ2v) is 13.1. The summed E-state index contributed by atoms with van der Waals surface area (Å²) in [6.45, 7) is 4.63. The predicted octanol–water partition coefficient (Wildman–Crippen LogP) is 5.24. The Kier molecular flexibility index (Phi) is 11.3. The van der Waals surface area contributed by atoms with Crippen LogP contribution in [0, 0.1) is 23.5 Å². The summed E-state index contributed by atoms with van der Waals surface area (Å²) < 4.78 is 66.7. The first kappa shape index (κ1) is 34.4. The molecule has 1 aliphatic carbocycles. The van der Waals surface area contributed by atoms with Crippen LogP contribution in [-0.2, 0) is 26.2 Å². The topological polar surface area (TPSA) is 129 Å². The Morgan fingerprint density at radius 2 is 1.78 bits per heavy atom. The summed E-state index contributed by atoms with van der Waals surface area (Å²) in [5, 5.41) is 7.43. The van der Waals surface area contributed by atoms with E-state index in [0.29, 0.717) is 54.2 Å². The molecule has 1 aromatic heterocycles. The molecule has 2 aromatic carbocycles. The number of rotatable bonds is 14. The summed E-state index contributed by atoms with van der Waals surface area (Å²) in [7, 11) is -1.33. The van der Waals surface area contributed by atoms with Crippen molar-refractivity contribution in [2.45, 2.75) is 57.0 Å². The maximum Gasteiger partial charge on any atom is 0.264 e. The molecule has 2 amide bonds. The molecule has 2 unspecified atom stereocenters. The van der Waals surface area contributed by atoms with Gasteiger partial charge in [-0.2, -0.15) is 5.10 Å². The van der Waals surface area contributed by atoms with Gasteiger partial charge in [-0.1, -0.05) is 26.0 Å². The van der Waals surface area contributed by atoms with E-state index in [2.05, 4.69) is 24.3 Å². The quantitative estimate of drug-likeness (QED) is 0.243. The van der Waals surface area contributed by atoms with E-state index in [1.54, 1.807) is 31.2 Å². The summed E-state index contributed by atoms with van der Waals surface area (Å²) in [5.74, 6) is -2.44. The zero-order valence-electron chi connectivity index (χ0n) is 26.1. The maximum atomic E-state index is 14.0. The molecule has 0 spiro atoms. The van der Waals surface area contributed by atoms with Crippen molar-refractivity contribution in [3.05, 3.63) is 95.4 Å². The minimum Gasteiger partial charge on any atom is -0.497 e. The van der Waals surface area contributed by atoms with Crippen LogP contribution in [0.15, 0.2) is 83.1 Å². The Labute approximate surface area is 267 Å². The third-order valence-corrected chi connectivity index (χ3v) is 8.87. The highest BCUT2D eigenvalue weighted by molar-refractivity contribution is 7.90. The Bertz CT molecular complexity index is 1700. The first-order chi connectivity index (χ1) is 21.9. The summed E-state index contributed by atoms with van der Waals surface area (Å²) >= 11 is 0. The number of methoxy groups -OCH3 is 2. The molecule has 3 aromatic rings. The second-order valence-electron chi connectivity index (χ2n) is 11.4. The van der Waals surface area contributed by atoms with Crippen molar-refractivity contribution in [1.29, 1.82) is 0 Å². The molecule has 0 saturated heterocycles. The lowest BCUT2D eigenvalue weighted by Crippen LogP contribution is -2.33. The third kappa shape index (κ3) is 9.03. The summed E-state index contributed by atoms with van der Waals surface area (Å²) in [6, 6.07) is 8.91. The van der Waals surface area contributed by atoms with Crippen LogP contribution in [0.5, 0.6) is 11.5 Å². The molecule has 1 aliphatic rings. The molecule has 13 heteroatoms. The van der Waals surface area contributed by atoms with Crippen molar-refractivity contribution in [3.8, 4) is 11.5 Å².